The van der Waals surface area contributed by atoms with Crippen LogP contribution in [0.15, 0.2) is 46.3 Å². The molecule has 1 amide bonds. The fourth-order valence-corrected chi connectivity index (χ4v) is 5.16. The lowest BCUT2D eigenvalue weighted by molar-refractivity contribution is -0.128. The Morgan fingerprint density at radius 1 is 1.18 bits per heavy atom. The van der Waals surface area contributed by atoms with Crippen LogP contribution >= 0.6 is 23.1 Å². The second kappa shape index (κ2) is 7.97. The molecule has 4 rings (SSSR count). The number of anilines is 1. The summed E-state index contributed by atoms with van der Waals surface area (Å²) in [6.45, 7) is 5.06. The van der Waals surface area contributed by atoms with Gasteiger partial charge in [-0.25, -0.2) is 4.98 Å². The standard InChI is InChI=1S/C20H22N4O2S2/c1-14-12-16-18(28-14)21-20(22(2)19(16)26)27-13-17(25)24-10-8-23(9-11-24)15-6-4-3-5-7-15/h3-7,12H,8-11,13H2,1-2H3. The van der Waals surface area contributed by atoms with Gasteiger partial charge in [0.05, 0.1) is 11.1 Å². The minimum absolute atomic E-state index is 0.0548. The summed E-state index contributed by atoms with van der Waals surface area (Å²) in [5, 5.41) is 1.24. The number of carbonyl (C=O) groups is 1. The molecular formula is C20H22N4O2S2. The number of hydrogen-bond donors (Lipinski definition) is 0. The number of benzene rings is 1. The van der Waals surface area contributed by atoms with Crippen molar-refractivity contribution in [3.63, 3.8) is 0 Å². The fourth-order valence-electron chi connectivity index (χ4n) is 3.37. The number of thiophene rings is 1. The van der Waals surface area contributed by atoms with Crippen LogP contribution in [0.2, 0.25) is 0 Å². The van der Waals surface area contributed by atoms with Crippen molar-refractivity contribution in [2.24, 2.45) is 7.05 Å². The number of hydrogen-bond acceptors (Lipinski definition) is 6. The molecule has 28 heavy (non-hydrogen) atoms. The maximum absolute atomic E-state index is 12.7. The quantitative estimate of drug-likeness (QED) is 0.485. The summed E-state index contributed by atoms with van der Waals surface area (Å²) in [5.74, 6) is 0.385. The zero-order chi connectivity index (χ0) is 19.7. The summed E-state index contributed by atoms with van der Waals surface area (Å²) >= 11 is 2.85. The van der Waals surface area contributed by atoms with E-state index in [0.717, 1.165) is 22.8 Å². The monoisotopic (exact) mass is 414 g/mol. The zero-order valence-corrected chi connectivity index (χ0v) is 17.6. The third-order valence-electron chi connectivity index (χ3n) is 4.93. The molecule has 0 aliphatic carbocycles. The van der Waals surface area contributed by atoms with Crippen LogP contribution in [-0.2, 0) is 11.8 Å². The molecule has 1 aromatic carbocycles. The van der Waals surface area contributed by atoms with E-state index < -0.39 is 0 Å². The van der Waals surface area contributed by atoms with Crippen molar-refractivity contribution in [1.29, 1.82) is 0 Å². The van der Waals surface area contributed by atoms with Gasteiger partial charge in [0.1, 0.15) is 4.83 Å². The van der Waals surface area contributed by atoms with Crippen LogP contribution in [0.25, 0.3) is 10.2 Å². The Balaban J connectivity index is 1.38. The second-order valence-corrected chi connectivity index (χ2v) is 9.00. The van der Waals surface area contributed by atoms with Gasteiger partial charge in [-0.15, -0.1) is 11.3 Å². The van der Waals surface area contributed by atoms with Gasteiger partial charge >= 0.3 is 0 Å². The zero-order valence-electron chi connectivity index (χ0n) is 15.9. The number of rotatable bonds is 4. The molecule has 1 saturated heterocycles. The molecule has 3 aromatic rings. The average Bonchev–Trinajstić information content (AvgIpc) is 3.10. The molecule has 146 valence electrons. The van der Waals surface area contributed by atoms with Crippen LogP contribution in [0.1, 0.15) is 4.88 Å². The number of carbonyl (C=O) groups excluding carboxylic acids is 1. The number of piperazine rings is 1. The molecule has 3 heterocycles. The minimum Gasteiger partial charge on any atom is -0.368 e. The molecule has 6 nitrogen and oxygen atoms in total. The Morgan fingerprint density at radius 3 is 2.61 bits per heavy atom. The van der Waals surface area contributed by atoms with E-state index in [9.17, 15) is 9.59 Å². The molecule has 0 bridgehead atoms. The first kappa shape index (κ1) is 19.0. The van der Waals surface area contributed by atoms with Crippen molar-refractivity contribution >= 4 is 44.9 Å². The van der Waals surface area contributed by atoms with Crippen LogP contribution in [0, 0.1) is 6.92 Å². The summed E-state index contributed by atoms with van der Waals surface area (Å²) in [6.07, 6.45) is 0. The maximum atomic E-state index is 12.7. The van der Waals surface area contributed by atoms with Gasteiger partial charge in [-0.1, -0.05) is 30.0 Å². The van der Waals surface area contributed by atoms with Crippen LogP contribution in [0.3, 0.4) is 0 Å². The van der Waals surface area contributed by atoms with Crippen molar-refractivity contribution in [3.05, 3.63) is 51.6 Å². The Kier molecular flexibility index (Phi) is 5.41. The normalized spacial score (nSPS) is 14.6. The van der Waals surface area contributed by atoms with E-state index in [1.54, 1.807) is 11.6 Å². The van der Waals surface area contributed by atoms with Gasteiger partial charge in [-0.3, -0.25) is 14.2 Å². The third-order valence-corrected chi connectivity index (χ3v) is 6.89. The highest BCUT2D eigenvalue weighted by Crippen LogP contribution is 2.24. The van der Waals surface area contributed by atoms with Crippen LogP contribution < -0.4 is 10.5 Å². The summed E-state index contributed by atoms with van der Waals surface area (Å²) in [6, 6.07) is 12.2. The molecular weight excluding hydrogens is 392 g/mol. The van der Waals surface area contributed by atoms with Crippen molar-refractivity contribution in [2.45, 2.75) is 12.1 Å². The van der Waals surface area contributed by atoms with Crippen molar-refractivity contribution < 1.29 is 4.79 Å². The minimum atomic E-state index is -0.0548. The highest BCUT2D eigenvalue weighted by atomic mass is 32.2. The fraction of sp³-hybridized carbons (Fsp3) is 0.350. The molecule has 1 aliphatic heterocycles. The first-order valence-electron chi connectivity index (χ1n) is 9.20. The highest BCUT2D eigenvalue weighted by molar-refractivity contribution is 7.99. The van der Waals surface area contributed by atoms with E-state index >= 15 is 0 Å². The first-order chi connectivity index (χ1) is 13.5. The van der Waals surface area contributed by atoms with Gasteiger partial charge in [-0.05, 0) is 25.1 Å². The van der Waals surface area contributed by atoms with Crippen molar-refractivity contribution in [2.75, 3.05) is 36.8 Å². The lowest BCUT2D eigenvalue weighted by Crippen LogP contribution is -2.49. The lowest BCUT2D eigenvalue weighted by Gasteiger charge is -2.36. The lowest BCUT2D eigenvalue weighted by atomic mass is 10.2. The highest BCUT2D eigenvalue weighted by Gasteiger charge is 2.22. The number of fused-ring (bicyclic) bond motifs is 1. The van der Waals surface area contributed by atoms with E-state index in [-0.39, 0.29) is 11.5 Å². The van der Waals surface area contributed by atoms with Crippen LogP contribution in [0.5, 0.6) is 0 Å². The maximum Gasteiger partial charge on any atom is 0.262 e. The Labute approximate surface area is 171 Å². The van der Waals surface area contributed by atoms with E-state index in [1.807, 2.05) is 36.1 Å². The Bertz CT molecular complexity index is 1050. The molecule has 8 heteroatoms. The Hall–Kier alpha value is -2.32. The molecule has 0 saturated carbocycles. The molecule has 0 radical (unpaired) electrons. The van der Waals surface area contributed by atoms with Gasteiger partial charge in [0.15, 0.2) is 5.16 Å². The van der Waals surface area contributed by atoms with Gasteiger partial charge < -0.3 is 9.80 Å². The smallest absolute Gasteiger partial charge is 0.262 e. The van der Waals surface area contributed by atoms with E-state index in [1.165, 1.54) is 28.8 Å². The van der Waals surface area contributed by atoms with Crippen molar-refractivity contribution in [3.8, 4) is 0 Å². The molecule has 1 fully saturated rings. The van der Waals surface area contributed by atoms with Gasteiger partial charge in [-0.2, -0.15) is 0 Å². The van der Waals surface area contributed by atoms with Crippen LogP contribution in [-0.4, -0.2) is 52.3 Å². The van der Waals surface area contributed by atoms with Crippen LogP contribution in [0.4, 0.5) is 5.69 Å². The molecule has 0 N–H and O–H groups in total. The summed E-state index contributed by atoms with van der Waals surface area (Å²) < 4.78 is 1.54. The summed E-state index contributed by atoms with van der Waals surface area (Å²) in [7, 11) is 1.72. The predicted octanol–water partition coefficient (Wildman–Crippen LogP) is 2.74. The van der Waals surface area contributed by atoms with E-state index in [2.05, 4.69) is 22.0 Å². The third kappa shape index (κ3) is 3.79. The predicted molar refractivity (Wildman–Crippen MR) is 116 cm³/mol. The second-order valence-electron chi connectivity index (χ2n) is 6.83. The van der Waals surface area contributed by atoms with E-state index in [4.69, 9.17) is 0 Å². The first-order valence-corrected chi connectivity index (χ1v) is 11.0. The molecule has 1 aliphatic rings. The number of thioether (sulfide) groups is 1. The largest absolute Gasteiger partial charge is 0.368 e. The summed E-state index contributed by atoms with van der Waals surface area (Å²) in [4.78, 5) is 35.7. The number of para-hydroxylation sites is 1. The molecule has 0 unspecified atom stereocenters. The van der Waals surface area contributed by atoms with Gasteiger partial charge in [0, 0.05) is 43.8 Å². The SMILES string of the molecule is Cc1cc2c(=O)n(C)c(SCC(=O)N3CCN(c4ccccc4)CC3)nc2s1. The van der Waals surface area contributed by atoms with Crippen molar-refractivity contribution in [1.82, 2.24) is 14.5 Å². The Morgan fingerprint density at radius 2 is 1.89 bits per heavy atom. The summed E-state index contributed by atoms with van der Waals surface area (Å²) in [5.41, 5.74) is 1.14. The van der Waals surface area contributed by atoms with Gasteiger partial charge in [0.25, 0.3) is 5.56 Å². The number of aromatic nitrogens is 2. The molecule has 0 atom stereocenters. The number of amides is 1. The topological polar surface area (TPSA) is 58.4 Å². The molecule has 2 aromatic heterocycles. The van der Waals surface area contributed by atoms with Gasteiger partial charge in [0.2, 0.25) is 5.91 Å². The average molecular weight is 415 g/mol. The molecule has 0 spiro atoms. The number of nitrogens with zero attached hydrogens (tertiary/aromatic N) is 4. The number of aryl methyl sites for hydroxylation is 1. The van der Waals surface area contributed by atoms with E-state index in [0.29, 0.717) is 29.4 Å².